The summed E-state index contributed by atoms with van der Waals surface area (Å²) in [4.78, 5) is 4.93. The van der Waals surface area contributed by atoms with Crippen LogP contribution in [0.2, 0.25) is 0 Å². The van der Waals surface area contributed by atoms with Gasteiger partial charge in [0.15, 0.2) is 0 Å². The molecule has 1 unspecified atom stereocenters. The van der Waals surface area contributed by atoms with Gasteiger partial charge in [-0.05, 0) is 30.9 Å². The Hall–Kier alpha value is -1.60. The van der Waals surface area contributed by atoms with Crippen LogP contribution in [0.3, 0.4) is 0 Å². The molecule has 3 rings (SSSR count). The van der Waals surface area contributed by atoms with E-state index in [0.29, 0.717) is 6.04 Å². The molecule has 0 bridgehead atoms. The number of hydrogen-bond donors (Lipinski definition) is 0. The number of hydrogen-bond acceptors (Lipinski definition) is 1. The lowest BCUT2D eigenvalue weighted by Crippen LogP contribution is -2.34. The van der Waals surface area contributed by atoms with Crippen molar-refractivity contribution in [3.8, 4) is 0 Å². The third kappa shape index (κ3) is 2.63. The van der Waals surface area contributed by atoms with Crippen molar-refractivity contribution >= 4 is 18.1 Å². The molecule has 0 aliphatic carbocycles. The molecule has 1 nitrogen and oxygen atoms in total. The van der Waals surface area contributed by atoms with E-state index in [1.54, 1.807) is 0 Å². The Morgan fingerprint density at radius 2 is 1.43 bits per heavy atom. The van der Waals surface area contributed by atoms with Crippen LogP contribution in [0, 0.1) is 0 Å². The van der Waals surface area contributed by atoms with E-state index in [-0.39, 0.29) is 17.8 Å². The number of aliphatic imine (C=N–C) groups is 1. The monoisotopic (exact) mass is 299 g/mol. The zero-order valence-corrected chi connectivity index (χ0v) is 13.4. The number of nitrogens with zero attached hydrogens (tertiary/aromatic N) is 1. The molecule has 0 saturated heterocycles. The molecule has 1 heterocycles. The Balaban J connectivity index is 0.00000161. The predicted molar refractivity (Wildman–Crippen MR) is 92.7 cm³/mol. The zero-order valence-electron chi connectivity index (χ0n) is 12.6. The van der Waals surface area contributed by atoms with Crippen LogP contribution < -0.4 is 0 Å². The zero-order chi connectivity index (χ0) is 14.0. The van der Waals surface area contributed by atoms with E-state index >= 15 is 0 Å². The first-order valence-electron chi connectivity index (χ1n) is 7.45. The minimum Gasteiger partial charge on any atom is -0.290 e. The molecule has 1 aliphatic heterocycles. The van der Waals surface area contributed by atoms with Crippen LogP contribution in [0.1, 0.15) is 37.8 Å². The van der Waals surface area contributed by atoms with Crippen molar-refractivity contribution in [3.05, 3.63) is 71.8 Å². The van der Waals surface area contributed by atoms with Gasteiger partial charge in [-0.15, -0.1) is 12.4 Å². The summed E-state index contributed by atoms with van der Waals surface area (Å²) < 4.78 is 0. The molecule has 1 aliphatic rings. The Morgan fingerprint density at radius 3 is 1.86 bits per heavy atom. The average molecular weight is 300 g/mol. The summed E-state index contributed by atoms with van der Waals surface area (Å²) in [5.74, 6) is 0. The Morgan fingerprint density at radius 1 is 0.952 bits per heavy atom. The van der Waals surface area contributed by atoms with Gasteiger partial charge in [0.1, 0.15) is 0 Å². The lowest BCUT2D eigenvalue weighted by molar-refractivity contribution is 0.591. The molecular formula is C19H22ClN. The van der Waals surface area contributed by atoms with E-state index in [1.165, 1.54) is 16.8 Å². The van der Waals surface area contributed by atoms with Crippen LogP contribution in [0.5, 0.6) is 0 Å². The summed E-state index contributed by atoms with van der Waals surface area (Å²) in [7, 11) is 0. The molecule has 0 amide bonds. The fraction of sp³-hybridized carbons (Fsp3) is 0.316. The highest BCUT2D eigenvalue weighted by molar-refractivity contribution is 5.99. The maximum atomic E-state index is 4.93. The lowest BCUT2D eigenvalue weighted by atomic mass is 9.68. The molecule has 0 N–H and O–H groups in total. The van der Waals surface area contributed by atoms with Gasteiger partial charge in [0.25, 0.3) is 0 Å². The first-order valence-corrected chi connectivity index (χ1v) is 7.45. The van der Waals surface area contributed by atoms with Gasteiger partial charge in [0.2, 0.25) is 0 Å². The van der Waals surface area contributed by atoms with Gasteiger partial charge in [-0.25, -0.2) is 0 Å². The van der Waals surface area contributed by atoms with Gasteiger partial charge in [0, 0.05) is 11.8 Å². The standard InChI is InChI=1S/C19H21N.ClH/c1-3-18-19(14-15(2)20-18,16-10-6-4-7-11-16)17-12-8-5-9-13-17;/h4-13,15H,3,14H2,1-2H3;1H. The summed E-state index contributed by atoms with van der Waals surface area (Å²) in [6.45, 7) is 4.45. The summed E-state index contributed by atoms with van der Waals surface area (Å²) in [6, 6.07) is 22.1. The smallest absolute Gasteiger partial charge is 0.0600 e. The van der Waals surface area contributed by atoms with E-state index in [2.05, 4.69) is 74.5 Å². The van der Waals surface area contributed by atoms with E-state index in [9.17, 15) is 0 Å². The van der Waals surface area contributed by atoms with Gasteiger partial charge in [0.05, 0.1) is 5.41 Å². The molecule has 1 atom stereocenters. The van der Waals surface area contributed by atoms with Crippen molar-refractivity contribution in [1.82, 2.24) is 0 Å². The highest BCUT2D eigenvalue weighted by atomic mass is 35.5. The van der Waals surface area contributed by atoms with Crippen molar-refractivity contribution in [2.45, 2.75) is 38.1 Å². The number of benzene rings is 2. The van der Waals surface area contributed by atoms with Crippen LogP contribution in [-0.2, 0) is 5.41 Å². The van der Waals surface area contributed by atoms with Crippen LogP contribution in [0.15, 0.2) is 65.7 Å². The van der Waals surface area contributed by atoms with E-state index in [4.69, 9.17) is 4.99 Å². The fourth-order valence-electron chi connectivity index (χ4n) is 3.56. The molecule has 110 valence electrons. The van der Waals surface area contributed by atoms with Gasteiger partial charge in [-0.3, -0.25) is 4.99 Å². The normalized spacial score (nSPS) is 19.7. The second-order valence-electron chi connectivity index (χ2n) is 5.62. The molecule has 2 aromatic rings. The molecule has 21 heavy (non-hydrogen) atoms. The second kappa shape index (κ2) is 6.44. The molecule has 0 saturated carbocycles. The largest absolute Gasteiger partial charge is 0.290 e. The minimum absolute atomic E-state index is 0. The van der Waals surface area contributed by atoms with Gasteiger partial charge >= 0.3 is 0 Å². The molecular weight excluding hydrogens is 278 g/mol. The number of halogens is 1. The first-order chi connectivity index (χ1) is 9.77. The van der Waals surface area contributed by atoms with Crippen molar-refractivity contribution in [1.29, 1.82) is 0 Å². The maximum absolute atomic E-state index is 4.93. The SMILES string of the molecule is CCC1=NC(C)CC1(c1ccccc1)c1ccccc1.Cl. The topological polar surface area (TPSA) is 12.4 Å². The quantitative estimate of drug-likeness (QED) is 0.753. The van der Waals surface area contributed by atoms with Crippen molar-refractivity contribution < 1.29 is 0 Å². The molecule has 2 heteroatoms. The second-order valence-corrected chi connectivity index (χ2v) is 5.62. The van der Waals surface area contributed by atoms with E-state index in [1.807, 2.05) is 0 Å². The van der Waals surface area contributed by atoms with E-state index < -0.39 is 0 Å². The maximum Gasteiger partial charge on any atom is 0.0600 e. The van der Waals surface area contributed by atoms with Crippen LogP contribution in [-0.4, -0.2) is 11.8 Å². The summed E-state index contributed by atoms with van der Waals surface area (Å²) in [6.07, 6.45) is 2.08. The van der Waals surface area contributed by atoms with Crippen molar-refractivity contribution in [2.75, 3.05) is 0 Å². The van der Waals surface area contributed by atoms with E-state index in [0.717, 1.165) is 12.8 Å². The summed E-state index contributed by atoms with van der Waals surface area (Å²) in [5, 5.41) is 0. The van der Waals surface area contributed by atoms with Gasteiger partial charge in [-0.1, -0.05) is 67.6 Å². The van der Waals surface area contributed by atoms with Gasteiger partial charge < -0.3 is 0 Å². The highest BCUT2D eigenvalue weighted by Gasteiger charge is 2.43. The van der Waals surface area contributed by atoms with Crippen LogP contribution in [0.25, 0.3) is 0 Å². The van der Waals surface area contributed by atoms with Crippen LogP contribution in [0.4, 0.5) is 0 Å². The third-order valence-electron chi connectivity index (χ3n) is 4.34. The average Bonchev–Trinajstić information content (AvgIpc) is 2.87. The summed E-state index contributed by atoms with van der Waals surface area (Å²) >= 11 is 0. The fourth-order valence-corrected chi connectivity index (χ4v) is 3.56. The Bertz CT molecular complexity index is 564. The van der Waals surface area contributed by atoms with Crippen molar-refractivity contribution in [2.24, 2.45) is 4.99 Å². The van der Waals surface area contributed by atoms with Crippen molar-refractivity contribution in [3.63, 3.8) is 0 Å². The summed E-state index contributed by atoms with van der Waals surface area (Å²) in [5.41, 5.74) is 4.03. The Labute approximate surface area is 133 Å². The molecule has 0 aromatic heterocycles. The van der Waals surface area contributed by atoms with Crippen LogP contribution >= 0.6 is 12.4 Å². The molecule has 0 spiro atoms. The Kier molecular flexibility index (Phi) is 4.84. The highest BCUT2D eigenvalue weighted by Crippen LogP contribution is 2.43. The molecule has 0 radical (unpaired) electrons. The first kappa shape index (κ1) is 15.8. The number of rotatable bonds is 3. The molecule has 0 fully saturated rings. The minimum atomic E-state index is -0.0311. The van der Waals surface area contributed by atoms with Gasteiger partial charge in [-0.2, -0.15) is 0 Å². The lowest BCUT2D eigenvalue weighted by Gasteiger charge is -2.32. The predicted octanol–water partition coefficient (Wildman–Crippen LogP) is 5.04. The third-order valence-corrected chi connectivity index (χ3v) is 4.34. The molecule has 2 aromatic carbocycles.